The van der Waals surface area contributed by atoms with Crippen LogP contribution in [0, 0.1) is 0 Å². The molecule has 92 valence electrons. The van der Waals surface area contributed by atoms with E-state index in [1.165, 1.54) is 13.0 Å². The highest BCUT2D eigenvalue weighted by atomic mass is 16.2. The van der Waals surface area contributed by atoms with Crippen molar-refractivity contribution in [1.82, 2.24) is 9.80 Å². The van der Waals surface area contributed by atoms with Gasteiger partial charge in [0.15, 0.2) is 0 Å². The summed E-state index contributed by atoms with van der Waals surface area (Å²) in [6.45, 7) is 5.06. The van der Waals surface area contributed by atoms with E-state index < -0.39 is 0 Å². The van der Waals surface area contributed by atoms with Crippen molar-refractivity contribution in [2.45, 2.75) is 32.6 Å². The molecule has 16 heavy (non-hydrogen) atoms. The third-order valence-electron chi connectivity index (χ3n) is 3.23. The first kappa shape index (κ1) is 13.2. The Morgan fingerprint density at radius 1 is 1.56 bits per heavy atom. The minimum absolute atomic E-state index is 0.248. The van der Waals surface area contributed by atoms with E-state index in [2.05, 4.69) is 18.0 Å². The lowest BCUT2D eigenvalue weighted by atomic mass is 10.0. The molecule has 0 aromatic heterocycles. The van der Waals surface area contributed by atoms with Gasteiger partial charge in [-0.05, 0) is 26.3 Å². The molecule has 0 aromatic rings. The molecule has 0 unspecified atom stereocenters. The number of likely N-dealkylation sites (N-methyl/N-ethyl adjacent to an activating group) is 1. The molecule has 0 radical (unpaired) electrons. The Kier molecular flexibility index (Phi) is 5.53. The van der Waals surface area contributed by atoms with Crippen molar-refractivity contribution >= 4 is 5.91 Å². The van der Waals surface area contributed by atoms with E-state index in [1.54, 1.807) is 5.57 Å². The van der Waals surface area contributed by atoms with Crippen LogP contribution in [0.4, 0.5) is 0 Å². The molecule has 0 aromatic carbocycles. The van der Waals surface area contributed by atoms with Crippen molar-refractivity contribution < 1.29 is 4.79 Å². The Bertz CT molecular complexity index is 261. The predicted molar refractivity (Wildman–Crippen MR) is 67.4 cm³/mol. The molecule has 1 amide bonds. The zero-order valence-corrected chi connectivity index (χ0v) is 10.8. The second-order valence-electron chi connectivity index (χ2n) is 4.65. The Hall–Kier alpha value is -0.830. The molecule has 0 saturated carbocycles. The molecule has 0 aliphatic carbocycles. The predicted octanol–water partition coefficient (Wildman–Crippen LogP) is 1.90. The van der Waals surface area contributed by atoms with Gasteiger partial charge in [0.25, 0.3) is 0 Å². The van der Waals surface area contributed by atoms with Crippen LogP contribution in [0.3, 0.4) is 0 Å². The summed E-state index contributed by atoms with van der Waals surface area (Å²) in [5.74, 6) is 0.248. The summed E-state index contributed by atoms with van der Waals surface area (Å²) in [6.07, 6.45) is 6.39. The molecule has 1 rings (SSSR count). The van der Waals surface area contributed by atoms with Gasteiger partial charge in [-0.3, -0.25) is 4.79 Å². The van der Waals surface area contributed by atoms with E-state index in [9.17, 15) is 4.79 Å². The molecular weight excluding hydrogens is 200 g/mol. The Balaban J connectivity index is 2.18. The molecule has 3 heteroatoms. The van der Waals surface area contributed by atoms with Gasteiger partial charge in [-0.15, -0.1) is 0 Å². The van der Waals surface area contributed by atoms with Crippen molar-refractivity contribution in [2.24, 2.45) is 0 Å². The molecule has 0 atom stereocenters. The number of carbonyl (C=O) groups excluding carboxylic acids is 1. The number of hydrogen-bond acceptors (Lipinski definition) is 2. The number of amides is 1. The van der Waals surface area contributed by atoms with Crippen LogP contribution in [0.1, 0.15) is 32.6 Å². The minimum atomic E-state index is 0.248. The van der Waals surface area contributed by atoms with Crippen molar-refractivity contribution in [2.75, 3.05) is 33.7 Å². The smallest absolute Gasteiger partial charge is 0.222 e. The maximum atomic E-state index is 11.3. The van der Waals surface area contributed by atoms with Crippen molar-refractivity contribution in [3.63, 3.8) is 0 Å². The Labute approximate surface area is 99.1 Å². The second-order valence-corrected chi connectivity index (χ2v) is 4.65. The van der Waals surface area contributed by atoms with E-state index in [0.717, 1.165) is 25.9 Å². The zero-order chi connectivity index (χ0) is 12.0. The summed E-state index contributed by atoms with van der Waals surface area (Å²) >= 11 is 0. The molecule has 1 aliphatic heterocycles. The fourth-order valence-corrected chi connectivity index (χ4v) is 1.98. The van der Waals surface area contributed by atoms with E-state index in [1.807, 2.05) is 18.9 Å². The highest BCUT2D eigenvalue weighted by molar-refractivity contribution is 5.75. The van der Waals surface area contributed by atoms with E-state index >= 15 is 0 Å². The van der Waals surface area contributed by atoms with E-state index in [4.69, 9.17) is 0 Å². The van der Waals surface area contributed by atoms with Gasteiger partial charge in [-0.2, -0.15) is 0 Å². The third-order valence-corrected chi connectivity index (χ3v) is 3.23. The largest absolute Gasteiger partial charge is 0.346 e. The van der Waals surface area contributed by atoms with Crippen LogP contribution in [0.5, 0.6) is 0 Å². The maximum Gasteiger partial charge on any atom is 0.222 e. The highest BCUT2D eigenvalue weighted by Gasteiger charge is 2.09. The van der Waals surface area contributed by atoms with Crippen LogP contribution < -0.4 is 0 Å². The number of hydrogen-bond donors (Lipinski definition) is 0. The molecule has 0 fully saturated rings. The van der Waals surface area contributed by atoms with Crippen LogP contribution in [0.15, 0.2) is 11.6 Å². The van der Waals surface area contributed by atoms with Crippen LogP contribution in [-0.4, -0.2) is 49.4 Å². The summed E-state index contributed by atoms with van der Waals surface area (Å²) in [5, 5.41) is 0. The standard InChI is InChI=1S/C13H24N2O/c1-4-13(16)15(3)9-5-6-12-7-10-14(2)11-8-12/h7H,4-6,8-11H2,1-3H3. The summed E-state index contributed by atoms with van der Waals surface area (Å²) in [5.41, 5.74) is 1.57. The zero-order valence-electron chi connectivity index (χ0n) is 10.8. The summed E-state index contributed by atoms with van der Waals surface area (Å²) in [7, 11) is 4.05. The molecule has 0 N–H and O–H groups in total. The van der Waals surface area contributed by atoms with Crippen molar-refractivity contribution in [3.8, 4) is 0 Å². The quantitative estimate of drug-likeness (QED) is 0.666. The van der Waals surface area contributed by atoms with Gasteiger partial charge in [-0.1, -0.05) is 18.6 Å². The molecule has 0 spiro atoms. The molecule has 0 saturated heterocycles. The van der Waals surface area contributed by atoms with Gasteiger partial charge in [-0.25, -0.2) is 0 Å². The topological polar surface area (TPSA) is 23.6 Å². The van der Waals surface area contributed by atoms with Gasteiger partial charge in [0.05, 0.1) is 0 Å². The highest BCUT2D eigenvalue weighted by Crippen LogP contribution is 2.15. The average Bonchev–Trinajstić information content (AvgIpc) is 2.30. The number of nitrogens with zero attached hydrogens (tertiary/aromatic N) is 2. The van der Waals surface area contributed by atoms with Gasteiger partial charge < -0.3 is 9.80 Å². The molecule has 1 heterocycles. The van der Waals surface area contributed by atoms with E-state index in [0.29, 0.717) is 6.42 Å². The SMILES string of the molecule is CCC(=O)N(C)CCCC1=CCN(C)CC1. The van der Waals surface area contributed by atoms with Crippen LogP contribution >= 0.6 is 0 Å². The lowest BCUT2D eigenvalue weighted by molar-refractivity contribution is -0.129. The minimum Gasteiger partial charge on any atom is -0.346 e. The lowest BCUT2D eigenvalue weighted by Gasteiger charge is -2.22. The fraction of sp³-hybridized carbons (Fsp3) is 0.769. The van der Waals surface area contributed by atoms with E-state index in [-0.39, 0.29) is 5.91 Å². The monoisotopic (exact) mass is 224 g/mol. The third kappa shape index (κ3) is 4.35. The molecule has 1 aliphatic rings. The van der Waals surface area contributed by atoms with Crippen molar-refractivity contribution in [3.05, 3.63) is 11.6 Å². The van der Waals surface area contributed by atoms with Crippen molar-refractivity contribution in [1.29, 1.82) is 0 Å². The fourth-order valence-electron chi connectivity index (χ4n) is 1.98. The van der Waals surface area contributed by atoms with Crippen LogP contribution in [0.25, 0.3) is 0 Å². The van der Waals surface area contributed by atoms with Gasteiger partial charge >= 0.3 is 0 Å². The Morgan fingerprint density at radius 2 is 2.31 bits per heavy atom. The van der Waals surface area contributed by atoms with Crippen LogP contribution in [-0.2, 0) is 4.79 Å². The maximum absolute atomic E-state index is 11.3. The summed E-state index contributed by atoms with van der Waals surface area (Å²) < 4.78 is 0. The first-order valence-electron chi connectivity index (χ1n) is 6.24. The second kappa shape index (κ2) is 6.69. The lowest BCUT2D eigenvalue weighted by Crippen LogP contribution is -2.27. The summed E-state index contributed by atoms with van der Waals surface area (Å²) in [6, 6.07) is 0. The summed E-state index contributed by atoms with van der Waals surface area (Å²) in [4.78, 5) is 15.5. The molecule has 0 bridgehead atoms. The Morgan fingerprint density at radius 3 is 2.88 bits per heavy atom. The normalized spacial score (nSPS) is 17.1. The van der Waals surface area contributed by atoms with Crippen LogP contribution in [0.2, 0.25) is 0 Å². The van der Waals surface area contributed by atoms with Gasteiger partial charge in [0.1, 0.15) is 0 Å². The first-order chi connectivity index (χ1) is 7.63. The van der Waals surface area contributed by atoms with Gasteiger partial charge in [0, 0.05) is 33.1 Å². The first-order valence-corrected chi connectivity index (χ1v) is 6.24. The van der Waals surface area contributed by atoms with Gasteiger partial charge in [0.2, 0.25) is 5.91 Å². The number of carbonyl (C=O) groups is 1. The number of rotatable bonds is 5. The average molecular weight is 224 g/mol. The molecular formula is C13H24N2O. The molecule has 3 nitrogen and oxygen atoms in total.